The van der Waals surface area contributed by atoms with E-state index in [9.17, 15) is 9.18 Å². The van der Waals surface area contributed by atoms with E-state index in [1.807, 2.05) is 6.92 Å². The monoisotopic (exact) mass is 279 g/mol. The van der Waals surface area contributed by atoms with Gasteiger partial charge in [0.1, 0.15) is 5.82 Å². The lowest BCUT2D eigenvalue weighted by Gasteiger charge is -2.37. The Bertz CT molecular complexity index is 464. The van der Waals surface area contributed by atoms with Gasteiger partial charge in [0.25, 0.3) is 0 Å². The number of ketones is 1. The maximum atomic E-state index is 13.5. The first-order valence-corrected chi connectivity index (χ1v) is 7.21. The van der Waals surface area contributed by atoms with Crippen LogP contribution in [0.25, 0.3) is 0 Å². The molecule has 0 saturated carbocycles. The van der Waals surface area contributed by atoms with E-state index < -0.39 is 0 Å². The minimum absolute atomic E-state index is 0.0580. The highest BCUT2D eigenvalue weighted by molar-refractivity contribution is 5.82. The fraction of sp³-hybridized carbons (Fsp3) is 0.562. The molecule has 110 valence electrons. The molecule has 1 fully saturated rings. The van der Waals surface area contributed by atoms with E-state index in [0.29, 0.717) is 18.7 Å². The largest absolute Gasteiger partial charge is 0.376 e. The van der Waals surface area contributed by atoms with Crippen molar-refractivity contribution in [1.82, 2.24) is 4.90 Å². The summed E-state index contributed by atoms with van der Waals surface area (Å²) in [5.74, 6) is -0.245. The van der Waals surface area contributed by atoms with Crippen LogP contribution in [0.1, 0.15) is 25.8 Å². The van der Waals surface area contributed by atoms with E-state index in [4.69, 9.17) is 4.74 Å². The SMILES string of the molecule is CCC1COC(C)CN1CC(=O)Cc1ccccc1F. The molecule has 0 radical (unpaired) electrons. The molecular weight excluding hydrogens is 257 g/mol. The maximum Gasteiger partial charge on any atom is 0.151 e. The lowest BCUT2D eigenvalue weighted by Crippen LogP contribution is -2.50. The second-order valence-electron chi connectivity index (χ2n) is 5.44. The van der Waals surface area contributed by atoms with Crippen molar-refractivity contribution < 1.29 is 13.9 Å². The Balaban J connectivity index is 1.94. The summed E-state index contributed by atoms with van der Waals surface area (Å²) in [6, 6.07) is 6.76. The molecule has 0 spiro atoms. The van der Waals surface area contributed by atoms with Gasteiger partial charge in [0.05, 0.1) is 19.3 Å². The van der Waals surface area contributed by atoms with Gasteiger partial charge < -0.3 is 4.74 Å². The first kappa shape index (κ1) is 15.1. The summed E-state index contributed by atoms with van der Waals surface area (Å²) in [5, 5.41) is 0. The van der Waals surface area contributed by atoms with Crippen LogP contribution >= 0.6 is 0 Å². The number of morpholine rings is 1. The Kier molecular flexibility index (Phi) is 5.26. The van der Waals surface area contributed by atoms with E-state index in [0.717, 1.165) is 13.0 Å². The molecule has 20 heavy (non-hydrogen) atoms. The molecular formula is C16H22FNO2. The fourth-order valence-corrected chi connectivity index (χ4v) is 2.62. The molecule has 1 saturated heterocycles. The zero-order chi connectivity index (χ0) is 14.5. The third kappa shape index (κ3) is 3.87. The predicted octanol–water partition coefficient (Wildman–Crippen LogP) is 2.44. The number of Topliss-reactive ketones (excluding diaryl/α,β-unsaturated/α-hetero) is 1. The molecule has 2 atom stereocenters. The summed E-state index contributed by atoms with van der Waals surface area (Å²) in [5.41, 5.74) is 0.479. The van der Waals surface area contributed by atoms with Gasteiger partial charge in [-0.25, -0.2) is 4.39 Å². The summed E-state index contributed by atoms with van der Waals surface area (Å²) >= 11 is 0. The van der Waals surface area contributed by atoms with Crippen LogP contribution in [-0.4, -0.2) is 42.5 Å². The number of nitrogens with zero attached hydrogens (tertiary/aromatic N) is 1. The minimum atomic E-state index is -0.303. The number of rotatable bonds is 5. The highest BCUT2D eigenvalue weighted by Gasteiger charge is 2.27. The normalized spacial score (nSPS) is 23.8. The number of benzene rings is 1. The molecule has 1 aromatic carbocycles. The van der Waals surface area contributed by atoms with E-state index in [2.05, 4.69) is 11.8 Å². The van der Waals surface area contributed by atoms with Crippen LogP contribution < -0.4 is 0 Å². The van der Waals surface area contributed by atoms with Crippen LogP contribution in [0.15, 0.2) is 24.3 Å². The Morgan fingerprint density at radius 1 is 1.45 bits per heavy atom. The van der Waals surface area contributed by atoms with Crippen LogP contribution in [0.3, 0.4) is 0 Å². The average Bonchev–Trinajstić information content (AvgIpc) is 2.41. The number of ether oxygens (including phenoxy) is 1. The number of hydrogen-bond donors (Lipinski definition) is 0. The molecule has 0 aromatic heterocycles. The van der Waals surface area contributed by atoms with Gasteiger partial charge in [-0.2, -0.15) is 0 Å². The number of hydrogen-bond acceptors (Lipinski definition) is 3. The van der Waals surface area contributed by atoms with E-state index in [-0.39, 0.29) is 30.2 Å². The Hall–Kier alpha value is -1.26. The zero-order valence-corrected chi connectivity index (χ0v) is 12.1. The molecule has 3 nitrogen and oxygen atoms in total. The quantitative estimate of drug-likeness (QED) is 0.829. The molecule has 1 aliphatic heterocycles. The summed E-state index contributed by atoms with van der Waals surface area (Å²) in [6.07, 6.45) is 1.27. The summed E-state index contributed by atoms with van der Waals surface area (Å²) in [4.78, 5) is 14.3. The van der Waals surface area contributed by atoms with E-state index in [1.54, 1.807) is 18.2 Å². The van der Waals surface area contributed by atoms with Gasteiger partial charge in [-0.3, -0.25) is 9.69 Å². The van der Waals surface area contributed by atoms with Crippen LogP contribution in [0, 0.1) is 5.82 Å². The van der Waals surface area contributed by atoms with Crippen molar-refractivity contribution in [2.75, 3.05) is 19.7 Å². The molecule has 0 bridgehead atoms. The molecule has 0 aliphatic carbocycles. The molecule has 4 heteroatoms. The second kappa shape index (κ2) is 6.95. The number of halogens is 1. The topological polar surface area (TPSA) is 29.5 Å². The third-order valence-electron chi connectivity index (χ3n) is 3.78. The van der Waals surface area contributed by atoms with Crippen LogP contribution in [-0.2, 0) is 16.0 Å². The fourth-order valence-electron chi connectivity index (χ4n) is 2.62. The van der Waals surface area contributed by atoms with Gasteiger partial charge in [-0.05, 0) is 25.0 Å². The number of carbonyl (C=O) groups excluding carboxylic acids is 1. The van der Waals surface area contributed by atoms with Crippen LogP contribution in [0.5, 0.6) is 0 Å². The van der Waals surface area contributed by atoms with Crippen LogP contribution in [0.4, 0.5) is 4.39 Å². The first-order valence-electron chi connectivity index (χ1n) is 7.21. The maximum absolute atomic E-state index is 13.5. The van der Waals surface area contributed by atoms with E-state index >= 15 is 0 Å². The number of carbonyl (C=O) groups is 1. The van der Waals surface area contributed by atoms with Gasteiger partial charge in [0.15, 0.2) is 5.78 Å². The summed E-state index contributed by atoms with van der Waals surface area (Å²) in [6.45, 7) is 5.92. The van der Waals surface area contributed by atoms with Gasteiger partial charge >= 0.3 is 0 Å². The zero-order valence-electron chi connectivity index (χ0n) is 12.1. The standard InChI is InChI=1S/C16H22FNO2/c1-3-14-11-20-12(2)9-18(14)10-15(19)8-13-6-4-5-7-16(13)17/h4-7,12,14H,3,8-11H2,1-2H3. The highest BCUT2D eigenvalue weighted by atomic mass is 19.1. The van der Waals surface area contributed by atoms with Gasteiger partial charge in [0.2, 0.25) is 0 Å². The van der Waals surface area contributed by atoms with Crippen molar-refractivity contribution in [2.24, 2.45) is 0 Å². The summed E-state index contributed by atoms with van der Waals surface area (Å²) in [7, 11) is 0. The lowest BCUT2D eigenvalue weighted by atomic mass is 10.1. The van der Waals surface area contributed by atoms with Crippen molar-refractivity contribution >= 4 is 5.78 Å². The highest BCUT2D eigenvalue weighted by Crippen LogP contribution is 2.15. The molecule has 1 aromatic rings. The minimum Gasteiger partial charge on any atom is -0.376 e. The van der Waals surface area contributed by atoms with Crippen molar-refractivity contribution in [2.45, 2.75) is 38.8 Å². The van der Waals surface area contributed by atoms with Gasteiger partial charge in [-0.1, -0.05) is 25.1 Å². The Morgan fingerprint density at radius 2 is 2.20 bits per heavy atom. The van der Waals surface area contributed by atoms with Crippen molar-refractivity contribution in [3.05, 3.63) is 35.6 Å². The summed E-state index contributed by atoms with van der Waals surface area (Å²) < 4.78 is 19.2. The van der Waals surface area contributed by atoms with Gasteiger partial charge in [0, 0.05) is 19.0 Å². The van der Waals surface area contributed by atoms with Crippen molar-refractivity contribution in [3.63, 3.8) is 0 Å². The molecule has 0 N–H and O–H groups in total. The lowest BCUT2D eigenvalue weighted by molar-refractivity contribution is -0.123. The molecule has 1 aliphatic rings. The average molecular weight is 279 g/mol. The predicted molar refractivity (Wildman–Crippen MR) is 76.2 cm³/mol. The Labute approximate surface area is 119 Å². The Morgan fingerprint density at radius 3 is 2.90 bits per heavy atom. The van der Waals surface area contributed by atoms with Crippen molar-refractivity contribution in [3.8, 4) is 0 Å². The van der Waals surface area contributed by atoms with Gasteiger partial charge in [-0.15, -0.1) is 0 Å². The second-order valence-corrected chi connectivity index (χ2v) is 5.44. The van der Waals surface area contributed by atoms with E-state index in [1.165, 1.54) is 6.07 Å². The molecule has 2 rings (SSSR count). The molecule has 1 heterocycles. The molecule has 2 unspecified atom stereocenters. The van der Waals surface area contributed by atoms with Crippen molar-refractivity contribution in [1.29, 1.82) is 0 Å². The first-order chi connectivity index (χ1) is 9.60. The van der Waals surface area contributed by atoms with Crippen LogP contribution in [0.2, 0.25) is 0 Å². The smallest absolute Gasteiger partial charge is 0.151 e. The molecule has 0 amide bonds. The third-order valence-corrected chi connectivity index (χ3v) is 3.78.